The van der Waals surface area contributed by atoms with Crippen LogP contribution in [0.5, 0.6) is 0 Å². The van der Waals surface area contributed by atoms with Crippen LogP contribution in [0.15, 0.2) is 61.2 Å². The van der Waals surface area contributed by atoms with Crippen molar-refractivity contribution in [2.45, 2.75) is 13.5 Å². The summed E-state index contributed by atoms with van der Waals surface area (Å²) in [6.07, 6.45) is 6.18. The van der Waals surface area contributed by atoms with Gasteiger partial charge in [0, 0.05) is 42.0 Å². The Bertz CT molecular complexity index is 977. The van der Waals surface area contributed by atoms with Crippen LogP contribution in [-0.4, -0.2) is 21.8 Å². The quantitative estimate of drug-likeness (QED) is 0.708. The van der Waals surface area contributed by atoms with E-state index in [0.29, 0.717) is 28.4 Å². The van der Waals surface area contributed by atoms with Crippen LogP contribution in [0, 0.1) is 6.92 Å². The number of nitrogens with one attached hydrogen (secondary N) is 2. The third-order valence-corrected chi connectivity index (χ3v) is 4.11. The van der Waals surface area contributed by atoms with Gasteiger partial charge in [-0.25, -0.2) is 0 Å². The molecule has 136 valence electrons. The van der Waals surface area contributed by atoms with Crippen molar-refractivity contribution in [2.24, 2.45) is 0 Å². The normalized spacial score (nSPS) is 10.3. The molecule has 2 aromatic heterocycles. The highest BCUT2D eigenvalue weighted by Crippen LogP contribution is 2.20. The van der Waals surface area contributed by atoms with Crippen molar-refractivity contribution in [1.29, 1.82) is 0 Å². The number of halogens is 1. The van der Waals surface area contributed by atoms with Gasteiger partial charge in [0.15, 0.2) is 0 Å². The first kappa shape index (κ1) is 18.5. The van der Waals surface area contributed by atoms with E-state index in [2.05, 4.69) is 20.6 Å². The molecule has 0 saturated carbocycles. The third-order valence-electron chi connectivity index (χ3n) is 3.88. The van der Waals surface area contributed by atoms with Crippen molar-refractivity contribution < 1.29 is 9.59 Å². The molecule has 3 aromatic rings. The van der Waals surface area contributed by atoms with Crippen molar-refractivity contribution in [3.8, 4) is 0 Å². The highest BCUT2D eigenvalue weighted by atomic mass is 35.5. The molecule has 2 amide bonds. The smallest absolute Gasteiger partial charge is 0.257 e. The molecule has 27 heavy (non-hydrogen) atoms. The number of rotatable bonds is 5. The summed E-state index contributed by atoms with van der Waals surface area (Å²) in [5, 5.41) is 6.18. The van der Waals surface area contributed by atoms with Gasteiger partial charge in [-0.15, -0.1) is 0 Å². The van der Waals surface area contributed by atoms with Crippen LogP contribution in [-0.2, 0) is 6.54 Å². The summed E-state index contributed by atoms with van der Waals surface area (Å²) in [7, 11) is 0. The zero-order valence-corrected chi connectivity index (χ0v) is 15.3. The van der Waals surface area contributed by atoms with E-state index >= 15 is 0 Å². The average molecular weight is 381 g/mol. The molecule has 7 heteroatoms. The van der Waals surface area contributed by atoms with Crippen molar-refractivity contribution in [2.75, 3.05) is 5.32 Å². The molecule has 0 saturated heterocycles. The van der Waals surface area contributed by atoms with Gasteiger partial charge in [0.2, 0.25) is 0 Å². The highest BCUT2D eigenvalue weighted by Gasteiger charge is 2.12. The maximum Gasteiger partial charge on any atom is 0.257 e. The first-order chi connectivity index (χ1) is 13.0. The van der Waals surface area contributed by atoms with Crippen LogP contribution in [0.25, 0.3) is 0 Å². The summed E-state index contributed by atoms with van der Waals surface area (Å²) in [6, 6.07) is 10.4. The second-order valence-corrected chi connectivity index (χ2v) is 6.36. The lowest BCUT2D eigenvalue weighted by Gasteiger charge is -2.10. The second kappa shape index (κ2) is 8.42. The van der Waals surface area contributed by atoms with Crippen LogP contribution in [0.2, 0.25) is 5.02 Å². The number of pyridine rings is 2. The van der Waals surface area contributed by atoms with Gasteiger partial charge in [-0.3, -0.25) is 19.6 Å². The number of aryl methyl sites for hydroxylation is 1. The molecule has 0 aliphatic heterocycles. The van der Waals surface area contributed by atoms with Crippen LogP contribution in [0.4, 0.5) is 5.69 Å². The van der Waals surface area contributed by atoms with Gasteiger partial charge in [-0.2, -0.15) is 0 Å². The van der Waals surface area contributed by atoms with Gasteiger partial charge in [0.25, 0.3) is 11.8 Å². The van der Waals surface area contributed by atoms with E-state index in [1.165, 1.54) is 18.5 Å². The SMILES string of the molecule is Cc1cc(Cl)ccc1NC(=O)c1cncc(C(=O)NCc2cccnc2)c1. The first-order valence-corrected chi connectivity index (χ1v) is 8.60. The Morgan fingerprint density at radius 1 is 1.00 bits per heavy atom. The lowest BCUT2D eigenvalue weighted by Crippen LogP contribution is -2.23. The molecular formula is C20H17ClN4O2. The molecule has 3 rings (SSSR count). The van der Waals surface area contributed by atoms with Gasteiger partial charge < -0.3 is 10.6 Å². The second-order valence-electron chi connectivity index (χ2n) is 5.92. The molecule has 6 nitrogen and oxygen atoms in total. The van der Waals surface area contributed by atoms with Crippen LogP contribution in [0.3, 0.4) is 0 Å². The number of benzene rings is 1. The maximum atomic E-state index is 12.5. The minimum absolute atomic E-state index is 0.290. The number of carbonyl (C=O) groups is 2. The molecule has 0 radical (unpaired) electrons. The number of carbonyl (C=O) groups excluding carboxylic acids is 2. The van der Waals surface area contributed by atoms with E-state index in [1.807, 2.05) is 13.0 Å². The summed E-state index contributed by atoms with van der Waals surface area (Å²) in [4.78, 5) is 32.8. The highest BCUT2D eigenvalue weighted by molar-refractivity contribution is 6.30. The van der Waals surface area contributed by atoms with Crippen LogP contribution in [0.1, 0.15) is 31.8 Å². The van der Waals surface area contributed by atoms with Crippen LogP contribution < -0.4 is 10.6 Å². The number of nitrogens with zero attached hydrogens (tertiary/aromatic N) is 2. The fraction of sp³-hybridized carbons (Fsp3) is 0.100. The molecule has 2 N–H and O–H groups in total. The van der Waals surface area contributed by atoms with E-state index in [4.69, 9.17) is 11.6 Å². The molecule has 0 aliphatic rings. The molecule has 2 heterocycles. The number of hydrogen-bond donors (Lipinski definition) is 2. The summed E-state index contributed by atoms with van der Waals surface area (Å²) in [5.74, 6) is -0.668. The summed E-state index contributed by atoms with van der Waals surface area (Å²) in [5.41, 5.74) is 2.97. The van der Waals surface area contributed by atoms with Gasteiger partial charge in [-0.05, 0) is 48.4 Å². The molecular weight excluding hydrogens is 364 g/mol. The van der Waals surface area contributed by atoms with Gasteiger partial charge in [0.05, 0.1) is 11.1 Å². The Kier molecular flexibility index (Phi) is 5.78. The summed E-state index contributed by atoms with van der Waals surface area (Å²) >= 11 is 5.93. The number of amides is 2. The lowest BCUT2D eigenvalue weighted by atomic mass is 10.1. The molecule has 0 aliphatic carbocycles. The predicted molar refractivity (Wildman–Crippen MR) is 104 cm³/mol. The number of aromatic nitrogens is 2. The fourth-order valence-electron chi connectivity index (χ4n) is 2.44. The van der Waals surface area contributed by atoms with Gasteiger partial charge in [0.1, 0.15) is 0 Å². The third kappa shape index (κ3) is 4.89. The minimum atomic E-state index is -0.352. The predicted octanol–water partition coefficient (Wildman–Crippen LogP) is 3.62. The van der Waals surface area contributed by atoms with E-state index < -0.39 is 0 Å². The molecule has 1 aromatic carbocycles. The standard InChI is InChI=1S/C20H17ClN4O2/c1-13-7-17(21)4-5-18(13)25-20(27)16-8-15(11-23-12-16)19(26)24-10-14-3-2-6-22-9-14/h2-9,11-12H,10H2,1H3,(H,24,26)(H,25,27). The van der Waals surface area contributed by atoms with Crippen molar-refractivity contribution in [3.05, 3.63) is 88.5 Å². The summed E-state index contributed by atoms with van der Waals surface area (Å²) < 4.78 is 0. The van der Waals surface area contributed by atoms with E-state index in [-0.39, 0.29) is 11.8 Å². The van der Waals surface area contributed by atoms with E-state index in [9.17, 15) is 9.59 Å². The summed E-state index contributed by atoms with van der Waals surface area (Å²) in [6.45, 7) is 2.19. The Morgan fingerprint density at radius 2 is 1.78 bits per heavy atom. The molecule has 0 unspecified atom stereocenters. The molecule has 0 spiro atoms. The van der Waals surface area contributed by atoms with E-state index in [0.717, 1.165) is 11.1 Å². The number of anilines is 1. The Balaban J connectivity index is 1.68. The molecule has 0 bridgehead atoms. The fourth-order valence-corrected chi connectivity index (χ4v) is 2.66. The van der Waals surface area contributed by atoms with E-state index in [1.54, 1.807) is 36.7 Å². The van der Waals surface area contributed by atoms with Crippen molar-refractivity contribution in [1.82, 2.24) is 15.3 Å². The largest absolute Gasteiger partial charge is 0.348 e. The Labute approximate surface area is 161 Å². The topological polar surface area (TPSA) is 84.0 Å². The van der Waals surface area contributed by atoms with Gasteiger partial charge >= 0.3 is 0 Å². The molecule has 0 fully saturated rings. The first-order valence-electron chi connectivity index (χ1n) is 8.22. The van der Waals surface area contributed by atoms with Crippen LogP contribution >= 0.6 is 11.6 Å². The Hall–Kier alpha value is -3.25. The zero-order valence-electron chi connectivity index (χ0n) is 14.6. The number of hydrogen-bond acceptors (Lipinski definition) is 4. The maximum absolute atomic E-state index is 12.5. The minimum Gasteiger partial charge on any atom is -0.348 e. The lowest BCUT2D eigenvalue weighted by molar-refractivity contribution is 0.0950. The molecule has 0 atom stereocenters. The zero-order chi connectivity index (χ0) is 19.2. The monoisotopic (exact) mass is 380 g/mol. The van der Waals surface area contributed by atoms with Crippen molar-refractivity contribution >= 4 is 29.1 Å². The van der Waals surface area contributed by atoms with Crippen molar-refractivity contribution in [3.63, 3.8) is 0 Å². The van der Waals surface area contributed by atoms with Gasteiger partial charge in [-0.1, -0.05) is 17.7 Å². The Morgan fingerprint density at radius 3 is 2.48 bits per heavy atom. The average Bonchev–Trinajstić information content (AvgIpc) is 2.69.